The highest BCUT2D eigenvalue weighted by atomic mass is 79.9. The SMILES string of the molecule is CN1C(=O)C2(CC(Cc3cccc(F)c3)C2)c2c1cnc1cc(F)c(Br)cc21. The van der Waals surface area contributed by atoms with Crippen molar-refractivity contribution in [1.82, 2.24) is 4.98 Å². The average molecular weight is 443 g/mol. The van der Waals surface area contributed by atoms with E-state index in [2.05, 4.69) is 20.9 Å². The van der Waals surface area contributed by atoms with Crippen LogP contribution < -0.4 is 4.90 Å². The van der Waals surface area contributed by atoms with Gasteiger partial charge in [-0.1, -0.05) is 12.1 Å². The lowest BCUT2D eigenvalue weighted by Gasteiger charge is -2.44. The fraction of sp³-hybridized carbons (Fsp3) is 0.273. The van der Waals surface area contributed by atoms with Gasteiger partial charge in [-0.15, -0.1) is 0 Å². The second-order valence-electron chi connectivity index (χ2n) is 7.86. The quantitative estimate of drug-likeness (QED) is 0.550. The number of carbonyl (C=O) groups excluding carboxylic acids is 1. The Labute approximate surface area is 169 Å². The van der Waals surface area contributed by atoms with E-state index in [0.29, 0.717) is 28.7 Å². The minimum atomic E-state index is -0.597. The van der Waals surface area contributed by atoms with Crippen molar-refractivity contribution >= 4 is 38.4 Å². The molecule has 142 valence electrons. The summed E-state index contributed by atoms with van der Waals surface area (Å²) in [6, 6.07) is 9.76. The van der Waals surface area contributed by atoms with E-state index >= 15 is 0 Å². The largest absolute Gasteiger partial charge is 0.313 e. The van der Waals surface area contributed by atoms with Crippen LogP contribution in [-0.4, -0.2) is 17.9 Å². The van der Waals surface area contributed by atoms with Crippen LogP contribution in [0, 0.1) is 17.6 Å². The molecular formula is C22H17BrF2N2O. The Morgan fingerprint density at radius 2 is 2.04 bits per heavy atom. The van der Waals surface area contributed by atoms with Crippen molar-refractivity contribution in [2.45, 2.75) is 24.7 Å². The zero-order chi connectivity index (χ0) is 19.6. The first-order valence-electron chi connectivity index (χ1n) is 9.20. The predicted octanol–water partition coefficient (Wildman–Crippen LogP) is 5.14. The number of benzene rings is 2. The van der Waals surface area contributed by atoms with Gasteiger partial charge in [0.05, 0.1) is 27.3 Å². The van der Waals surface area contributed by atoms with Crippen LogP contribution in [0.2, 0.25) is 0 Å². The summed E-state index contributed by atoms with van der Waals surface area (Å²) in [6.07, 6.45) is 3.81. The number of rotatable bonds is 2. The molecule has 2 aliphatic rings. The van der Waals surface area contributed by atoms with Gasteiger partial charge in [-0.25, -0.2) is 8.78 Å². The number of anilines is 1. The smallest absolute Gasteiger partial charge is 0.237 e. The standard InChI is InChI=1S/C22H17BrF2N2O/c1-27-19-11-26-18-8-17(25)16(23)7-15(18)20(19)22(21(27)28)9-13(10-22)5-12-3-2-4-14(24)6-12/h2-4,6-8,11,13H,5,9-10H2,1H3. The van der Waals surface area contributed by atoms with Gasteiger partial charge in [0.25, 0.3) is 0 Å². The molecule has 3 aromatic rings. The molecule has 1 aliphatic heterocycles. The van der Waals surface area contributed by atoms with E-state index in [4.69, 9.17) is 0 Å². The summed E-state index contributed by atoms with van der Waals surface area (Å²) in [7, 11) is 1.77. The molecule has 6 heteroatoms. The minimum Gasteiger partial charge on any atom is -0.313 e. The maximum absolute atomic E-state index is 14.0. The number of carbonyl (C=O) groups is 1. The molecule has 0 atom stereocenters. The Morgan fingerprint density at radius 3 is 2.79 bits per heavy atom. The maximum Gasteiger partial charge on any atom is 0.237 e. The number of nitrogens with zero attached hydrogens (tertiary/aromatic N) is 2. The third kappa shape index (κ3) is 2.43. The van der Waals surface area contributed by atoms with Crippen LogP contribution in [-0.2, 0) is 16.6 Å². The van der Waals surface area contributed by atoms with Crippen molar-refractivity contribution in [1.29, 1.82) is 0 Å². The molecule has 0 bridgehead atoms. The van der Waals surface area contributed by atoms with Gasteiger partial charge < -0.3 is 4.90 Å². The molecule has 1 amide bonds. The molecule has 5 rings (SSSR count). The van der Waals surface area contributed by atoms with Crippen molar-refractivity contribution in [2.75, 3.05) is 11.9 Å². The number of hydrogen-bond donors (Lipinski definition) is 0. The highest BCUT2D eigenvalue weighted by Crippen LogP contribution is 2.58. The minimum absolute atomic E-state index is 0.0627. The average Bonchev–Trinajstić information content (AvgIpc) is 2.85. The number of hydrogen-bond acceptors (Lipinski definition) is 2. The lowest BCUT2D eigenvalue weighted by Crippen LogP contribution is -2.49. The van der Waals surface area contributed by atoms with E-state index in [0.717, 1.165) is 28.6 Å². The van der Waals surface area contributed by atoms with E-state index in [1.54, 1.807) is 36.3 Å². The van der Waals surface area contributed by atoms with Gasteiger partial charge >= 0.3 is 0 Å². The topological polar surface area (TPSA) is 33.2 Å². The molecule has 1 fully saturated rings. The van der Waals surface area contributed by atoms with E-state index in [1.807, 2.05) is 6.07 Å². The van der Waals surface area contributed by atoms with Crippen LogP contribution in [0.3, 0.4) is 0 Å². The molecular weight excluding hydrogens is 426 g/mol. The van der Waals surface area contributed by atoms with E-state index in [9.17, 15) is 13.6 Å². The molecule has 0 saturated heterocycles. The first-order valence-corrected chi connectivity index (χ1v) is 9.99. The molecule has 2 aromatic carbocycles. The predicted molar refractivity (Wildman–Crippen MR) is 107 cm³/mol. The molecule has 1 aromatic heterocycles. The number of likely N-dealkylation sites (N-methyl/N-ethyl adjacent to an activating group) is 1. The van der Waals surface area contributed by atoms with Crippen molar-refractivity contribution in [2.24, 2.45) is 5.92 Å². The van der Waals surface area contributed by atoms with Gasteiger partial charge in [0, 0.05) is 24.1 Å². The van der Waals surface area contributed by atoms with Crippen LogP contribution in [0.15, 0.2) is 47.1 Å². The molecule has 0 unspecified atom stereocenters. The highest BCUT2D eigenvalue weighted by Gasteiger charge is 2.58. The fourth-order valence-electron chi connectivity index (χ4n) is 4.92. The number of fused-ring (bicyclic) bond motifs is 4. The molecule has 1 spiro atoms. The van der Waals surface area contributed by atoms with Gasteiger partial charge in [-0.2, -0.15) is 0 Å². The Balaban J connectivity index is 1.55. The Hall–Kier alpha value is -2.34. The van der Waals surface area contributed by atoms with Crippen LogP contribution >= 0.6 is 15.9 Å². The lowest BCUT2D eigenvalue weighted by molar-refractivity contribution is -0.127. The lowest BCUT2D eigenvalue weighted by atomic mass is 9.57. The molecule has 1 aliphatic carbocycles. The number of aromatic nitrogens is 1. The Bertz CT molecular complexity index is 1140. The summed E-state index contributed by atoms with van der Waals surface area (Å²) >= 11 is 3.26. The van der Waals surface area contributed by atoms with Crippen LogP contribution in [0.25, 0.3) is 10.9 Å². The van der Waals surface area contributed by atoms with Gasteiger partial charge in [0.2, 0.25) is 5.91 Å². The van der Waals surface area contributed by atoms with Gasteiger partial charge in [-0.05, 0) is 64.9 Å². The third-order valence-electron chi connectivity index (χ3n) is 6.13. The third-order valence-corrected chi connectivity index (χ3v) is 6.74. The second kappa shape index (κ2) is 6.08. The molecule has 0 N–H and O–H groups in total. The van der Waals surface area contributed by atoms with Crippen molar-refractivity contribution in [3.8, 4) is 0 Å². The van der Waals surface area contributed by atoms with Crippen molar-refractivity contribution in [3.63, 3.8) is 0 Å². The van der Waals surface area contributed by atoms with Crippen molar-refractivity contribution in [3.05, 3.63) is 69.8 Å². The van der Waals surface area contributed by atoms with Crippen molar-refractivity contribution < 1.29 is 13.6 Å². The van der Waals surface area contributed by atoms with Crippen LogP contribution in [0.4, 0.5) is 14.5 Å². The summed E-state index contributed by atoms with van der Waals surface area (Å²) in [5.41, 5.74) is 2.64. The second-order valence-corrected chi connectivity index (χ2v) is 8.71. The van der Waals surface area contributed by atoms with Gasteiger partial charge in [0.15, 0.2) is 0 Å². The molecule has 28 heavy (non-hydrogen) atoms. The maximum atomic E-state index is 14.0. The molecule has 3 nitrogen and oxygen atoms in total. The Morgan fingerprint density at radius 1 is 1.25 bits per heavy atom. The number of pyridine rings is 1. The van der Waals surface area contributed by atoms with E-state index in [-0.39, 0.29) is 17.5 Å². The van der Waals surface area contributed by atoms with Crippen LogP contribution in [0.5, 0.6) is 0 Å². The summed E-state index contributed by atoms with van der Waals surface area (Å²) in [4.78, 5) is 19.2. The summed E-state index contributed by atoms with van der Waals surface area (Å²) in [5, 5.41) is 0.813. The monoisotopic (exact) mass is 442 g/mol. The fourth-order valence-corrected chi connectivity index (χ4v) is 5.26. The highest BCUT2D eigenvalue weighted by molar-refractivity contribution is 9.10. The zero-order valence-corrected chi connectivity index (χ0v) is 16.8. The van der Waals surface area contributed by atoms with E-state index in [1.165, 1.54) is 12.1 Å². The number of halogens is 3. The summed E-state index contributed by atoms with van der Waals surface area (Å²) in [5.74, 6) is -0.244. The van der Waals surface area contributed by atoms with Crippen LogP contribution in [0.1, 0.15) is 24.0 Å². The summed E-state index contributed by atoms with van der Waals surface area (Å²) in [6.45, 7) is 0. The zero-order valence-electron chi connectivity index (χ0n) is 15.2. The molecule has 1 saturated carbocycles. The van der Waals surface area contributed by atoms with Gasteiger partial charge in [0.1, 0.15) is 11.6 Å². The summed E-state index contributed by atoms with van der Waals surface area (Å²) < 4.78 is 27.8. The van der Waals surface area contributed by atoms with Gasteiger partial charge in [-0.3, -0.25) is 9.78 Å². The molecule has 2 heterocycles. The van der Waals surface area contributed by atoms with E-state index < -0.39 is 5.41 Å². The number of amides is 1. The Kier molecular flexibility index (Phi) is 3.85. The molecule has 0 radical (unpaired) electrons. The first kappa shape index (κ1) is 17.7. The first-order chi connectivity index (χ1) is 13.4. The normalized spacial score (nSPS) is 23.4.